The van der Waals surface area contributed by atoms with E-state index >= 15 is 0 Å². The number of esters is 1. The molecule has 1 atom stereocenters. The fraction of sp³-hybridized carbons (Fsp3) is 0.367. The molecule has 11 nitrogen and oxygen atoms in total. The first kappa shape index (κ1) is 29.3. The fourth-order valence-corrected chi connectivity index (χ4v) is 5.02. The van der Waals surface area contributed by atoms with Crippen molar-refractivity contribution in [2.75, 3.05) is 33.3 Å². The van der Waals surface area contributed by atoms with E-state index in [-0.39, 0.29) is 23.0 Å². The number of carbonyl (C=O) groups is 3. The highest BCUT2D eigenvalue weighted by molar-refractivity contribution is 6.09. The monoisotopic (exact) mass is 562 g/mol. The smallest absolute Gasteiger partial charge is 0.337 e. The maximum atomic E-state index is 14.2. The van der Waals surface area contributed by atoms with E-state index in [0.717, 1.165) is 32.1 Å². The lowest BCUT2D eigenvalue weighted by molar-refractivity contribution is -0.123. The van der Waals surface area contributed by atoms with Gasteiger partial charge in [-0.25, -0.2) is 9.78 Å². The predicted octanol–water partition coefficient (Wildman–Crippen LogP) is 4.13. The molecular formula is C30H34N4O7. The minimum Gasteiger partial charge on any atom is -0.493 e. The van der Waals surface area contributed by atoms with Crippen LogP contribution in [0.3, 0.4) is 0 Å². The Morgan fingerprint density at radius 3 is 2.22 bits per heavy atom. The fourth-order valence-electron chi connectivity index (χ4n) is 5.02. The van der Waals surface area contributed by atoms with Crippen molar-refractivity contribution in [3.8, 4) is 17.2 Å². The quantitative estimate of drug-likeness (QED) is 0.363. The number of rotatable bonds is 10. The summed E-state index contributed by atoms with van der Waals surface area (Å²) in [4.78, 5) is 50.4. The van der Waals surface area contributed by atoms with E-state index in [9.17, 15) is 14.4 Å². The van der Waals surface area contributed by atoms with Crippen molar-refractivity contribution in [2.24, 2.45) is 0 Å². The van der Waals surface area contributed by atoms with Crippen molar-refractivity contribution in [1.82, 2.24) is 15.3 Å². The molecule has 0 spiro atoms. The molecule has 2 aromatic carbocycles. The van der Waals surface area contributed by atoms with Gasteiger partial charge in [-0.15, -0.1) is 0 Å². The van der Waals surface area contributed by atoms with Gasteiger partial charge in [0.15, 0.2) is 11.5 Å². The van der Waals surface area contributed by atoms with Gasteiger partial charge < -0.3 is 24.3 Å². The molecule has 0 aliphatic heterocycles. The number of ether oxygens (including phenoxy) is 4. The normalized spacial score (nSPS) is 14.0. The van der Waals surface area contributed by atoms with E-state index in [2.05, 4.69) is 15.3 Å². The Bertz CT molecular complexity index is 1350. The third-order valence-electron chi connectivity index (χ3n) is 7.01. The summed E-state index contributed by atoms with van der Waals surface area (Å²) < 4.78 is 21.5. The molecule has 1 saturated carbocycles. The minimum absolute atomic E-state index is 0.0129. The maximum absolute atomic E-state index is 14.2. The first-order chi connectivity index (χ1) is 19.9. The van der Waals surface area contributed by atoms with Gasteiger partial charge in [-0.3, -0.25) is 19.5 Å². The second-order valence-corrected chi connectivity index (χ2v) is 9.51. The summed E-state index contributed by atoms with van der Waals surface area (Å²) in [6, 6.07) is 8.32. The van der Waals surface area contributed by atoms with Gasteiger partial charge in [0.05, 0.1) is 40.2 Å². The standard InChI is InChI=1S/C30H34N4O7/c1-38-24-16-20(17-25(39-2)27(24)40-3)26(28(35)33-21-10-6-5-7-11-21)34(29(36)23-18-31-13-14-32-23)22-12-8-9-19(15-22)30(37)41-4/h8-9,12-18,21,26H,5-7,10-11H2,1-4H3,(H,33,35)/t26-/m1/s1. The van der Waals surface area contributed by atoms with Crippen LogP contribution in [0.1, 0.15) is 64.6 Å². The number of hydrogen-bond acceptors (Lipinski definition) is 9. The number of amides is 2. The SMILES string of the molecule is COC(=O)c1cccc(N(C(=O)c2cnccn2)[C@@H](C(=O)NC2CCCCC2)c2cc(OC)c(OC)c(OC)c2)c1. The molecule has 1 aliphatic carbocycles. The zero-order valence-corrected chi connectivity index (χ0v) is 23.6. The third-order valence-corrected chi connectivity index (χ3v) is 7.01. The number of aromatic nitrogens is 2. The average Bonchev–Trinajstić information content (AvgIpc) is 3.02. The topological polar surface area (TPSA) is 129 Å². The van der Waals surface area contributed by atoms with Crippen molar-refractivity contribution in [3.63, 3.8) is 0 Å². The molecule has 1 heterocycles. The van der Waals surface area contributed by atoms with E-state index < -0.39 is 23.8 Å². The molecule has 2 amide bonds. The summed E-state index contributed by atoms with van der Waals surface area (Å²) in [7, 11) is 5.70. The van der Waals surface area contributed by atoms with Gasteiger partial charge in [0.2, 0.25) is 11.7 Å². The van der Waals surface area contributed by atoms with E-state index in [1.165, 1.54) is 58.0 Å². The molecule has 1 fully saturated rings. The molecular weight excluding hydrogens is 528 g/mol. The number of methoxy groups -OCH3 is 4. The van der Waals surface area contributed by atoms with Gasteiger partial charge in [0, 0.05) is 24.1 Å². The largest absolute Gasteiger partial charge is 0.493 e. The zero-order valence-electron chi connectivity index (χ0n) is 23.6. The summed E-state index contributed by atoms with van der Waals surface area (Å²) in [6.07, 6.45) is 8.96. The summed E-state index contributed by atoms with van der Waals surface area (Å²) in [5, 5.41) is 3.15. The zero-order chi connectivity index (χ0) is 29.4. The lowest BCUT2D eigenvalue weighted by atomic mass is 9.94. The maximum Gasteiger partial charge on any atom is 0.337 e. The van der Waals surface area contributed by atoms with Gasteiger partial charge in [-0.2, -0.15) is 0 Å². The summed E-state index contributed by atoms with van der Waals surface area (Å²) >= 11 is 0. The average molecular weight is 563 g/mol. The van der Waals surface area contributed by atoms with Gasteiger partial charge in [0.1, 0.15) is 11.7 Å². The molecule has 0 unspecified atom stereocenters. The van der Waals surface area contributed by atoms with Crippen molar-refractivity contribution >= 4 is 23.5 Å². The van der Waals surface area contributed by atoms with Gasteiger partial charge in [-0.1, -0.05) is 25.3 Å². The van der Waals surface area contributed by atoms with E-state index in [1.807, 2.05) is 0 Å². The number of hydrogen-bond donors (Lipinski definition) is 1. The highest BCUT2D eigenvalue weighted by Crippen LogP contribution is 2.42. The van der Waals surface area contributed by atoms with Crippen molar-refractivity contribution < 1.29 is 33.3 Å². The molecule has 1 aromatic heterocycles. The predicted molar refractivity (Wildman–Crippen MR) is 150 cm³/mol. The molecule has 0 radical (unpaired) electrons. The highest BCUT2D eigenvalue weighted by Gasteiger charge is 2.37. The van der Waals surface area contributed by atoms with Crippen LogP contribution in [0.4, 0.5) is 5.69 Å². The number of anilines is 1. The Morgan fingerprint density at radius 1 is 0.927 bits per heavy atom. The van der Waals surface area contributed by atoms with E-state index in [1.54, 1.807) is 30.3 Å². The van der Waals surface area contributed by atoms with Gasteiger partial charge in [0.25, 0.3) is 5.91 Å². The van der Waals surface area contributed by atoms with Crippen molar-refractivity contribution in [1.29, 1.82) is 0 Å². The van der Waals surface area contributed by atoms with Gasteiger partial charge in [-0.05, 0) is 48.7 Å². The van der Waals surface area contributed by atoms with Crippen molar-refractivity contribution in [2.45, 2.75) is 44.2 Å². The number of nitrogens with one attached hydrogen (secondary N) is 1. The lowest BCUT2D eigenvalue weighted by Gasteiger charge is -2.33. The third kappa shape index (κ3) is 6.56. The summed E-state index contributed by atoms with van der Waals surface area (Å²) in [5.74, 6) is -0.635. The van der Waals surface area contributed by atoms with Gasteiger partial charge >= 0.3 is 5.97 Å². The van der Waals surface area contributed by atoms with Crippen molar-refractivity contribution in [3.05, 3.63) is 71.8 Å². The number of nitrogens with zero attached hydrogens (tertiary/aromatic N) is 3. The lowest BCUT2D eigenvalue weighted by Crippen LogP contribution is -2.47. The molecule has 0 bridgehead atoms. The Labute approximate surface area is 238 Å². The Hall–Kier alpha value is -4.67. The van der Waals surface area contributed by atoms with Crippen LogP contribution in [-0.4, -0.2) is 62.2 Å². The summed E-state index contributed by atoms with van der Waals surface area (Å²) in [5.41, 5.74) is 0.895. The van der Waals surface area contributed by atoms with Crippen LogP contribution in [0, 0.1) is 0 Å². The van der Waals surface area contributed by atoms with Crippen LogP contribution in [0.15, 0.2) is 55.0 Å². The molecule has 4 rings (SSSR count). The Kier molecular flexibility index (Phi) is 9.73. The van der Waals surface area contributed by atoms with Crippen LogP contribution in [0.25, 0.3) is 0 Å². The first-order valence-corrected chi connectivity index (χ1v) is 13.3. The number of benzene rings is 2. The second-order valence-electron chi connectivity index (χ2n) is 9.51. The van der Waals surface area contributed by atoms with Crippen LogP contribution >= 0.6 is 0 Å². The van der Waals surface area contributed by atoms with Crippen LogP contribution in [0.2, 0.25) is 0 Å². The van der Waals surface area contributed by atoms with E-state index in [0.29, 0.717) is 22.8 Å². The van der Waals surface area contributed by atoms with Crippen LogP contribution < -0.4 is 24.4 Å². The molecule has 3 aromatic rings. The first-order valence-electron chi connectivity index (χ1n) is 13.3. The molecule has 41 heavy (non-hydrogen) atoms. The summed E-state index contributed by atoms with van der Waals surface area (Å²) in [6.45, 7) is 0. The second kappa shape index (κ2) is 13.6. The molecule has 1 aliphatic rings. The Balaban J connectivity index is 1.94. The number of carbonyl (C=O) groups excluding carboxylic acids is 3. The molecule has 1 N–H and O–H groups in total. The van der Waals surface area contributed by atoms with E-state index in [4.69, 9.17) is 18.9 Å². The van der Waals surface area contributed by atoms with Crippen LogP contribution in [-0.2, 0) is 9.53 Å². The molecule has 216 valence electrons. The molecule has 11 heteroatoms. The Morgan fingerprint density at radius 2 is 1.63 bits per heavy atom. The highest BCUT2D eigenvalue weighted by atomic mass is 16.5. The minimum atomic E-state index is -1.21. The van der Waals surface area contributed by atoms with Crippen LogP contribution in [0.5, 0.6) is 17.2 Å². The molecule has 0 saturated heterocycles.